The Hall–Kier alpha value is -3.42. The predicted molar refractivity (Wildman–Crippen MR) is 98.8 cm³/mol. The molecule has 0 fully saturated rings. The van der Waals surface area contributed by atoms with Gasteiger partial charge in [-0.1, -0.05) is 6.07 Å². The van der Waals surface area contributed by atoms with Gasteiger partial charge in [0.2, 0.25) is 6.79 Å². The average molecular weight is 387 g/mol. The van der Waals surface area contributed by atoms with Crippen LogP contribution in [-0.2, 0) is 16.1 Å². The zero-order valence-corrected chi connectivity index (χ0v) is 15.8. The maximum atomic E-state index is 12.4. The Morgan fingerprint density at radius 1 is 1.07 bits per heavy atom. The molecule has 0 aromatic heterocycles. The van der Waals surface area contributed by atoms with E-state index >= 15 is 0 Å². The van der Waals surface area contributed by atoms with Crippen molar-refractivity contribution in [1.29, 1.82) is 0 Å². The van der Waals surface area contributed by atoms with Crippen molar-refractivity contribution in [2.75, 3.05) is 21.0 Å². The summed E-state index contributed by atoms with van der Waals surface area (Å²) in [5.41, 5.74) is 1.21. The number of hydrogen-bond donors (Lipinski definition) is 1. The van der Waals surface area contributed by atoms with Crippen LogP contribution in [-0.4, -0.2) is 39.0 Å². The number of hydrogen-bond acceptors (Lipinski definition) is 7. The van der Waals surface area contributed by atoms with Gasteiger partial charge in [0.1, 0.15) is 0 Å². The van der Waals surface area contributed by atoms with E-state index in [-0.39, 0.29) is 12.7 Å². The second kappa shape index (κ2) is 8.51. The van der Waals surface area contributed by atoms with Gasteiger partial charge in [0, 0.05) is 6.54 Å². The van der Waals surface area contributed by atoms with Gasteiger partial charge < -0.3 is 29.0 Å². The van der Waals surface area contributed by atoms with E-state index in [1.807, 2.05) is 12.1 Å². The van der Waals surface area contributed by atoms with Crippen molar-refractivity contribution in [2.24, 2.45) is 0 Å². The fourth-order valence-corrected chi connectivity index (χ4v) is 2.64. The zero-order chi connectivity index (χ0) is 20.1. The minimum Gasteiger partial charge on any atom is -0.493 e. The second-order valence-electron chi connectivity index (χ2n) is 6.02. The minimum atomic E-state index is -0.771. The Morgan fingerprint density at radius 3 is 2.61 bits per heavy atom. The molecular formula is C20H21NO7. The number of fused-ring (bicyclic) bond motifs is 1. The van der Waals surface area contributed by atoms with Crippen molar-refractivity contribution in [2.45, 2.75) is 19.6 Å². The highest BCUT2D eigenvalue weighted by atomic mass is 16.7. The van der Waals surface area contributed by atoms with Crippen LogP contribution in [0.4, 0.5) is 0 Å². The van der Waals surface area contributed by atoms with Gasteiger partial charge >= 0.3 is 5.97 Å². The van der Waals surface area contributed by atoms with Crippen LogP contribution in [0.3, 0.4) is 0 Å². The number of esters is 1. The third-order valence-corrected chi connectivity index (χ3v) is 4.16. The Labute approximate surface area is 162 Å². The molecule has 0 aliphatic carbocycles. The number of rotatable bonds is 7. The van der Waals surface area contributed by atoms with Crippen molar-refractivity contribution in [3.8, 4) is 23.0 Å². The third-order valence-electron chi connectivity index (χ3n) is 4.16. The lowest BCUT2D eigenvalue weighted by molar-refractivity contribution is -0.127. The summed E-state index contributed by atoms with van der Waals surface area (Å²) in [4.78, 5) is 24.0. The molecule has 3 rings (SSSR count). The van der Waals surface area contributed by atoms with Gasteiger partial charge in [0.25, 0.3) is 5.91 Å². The number of carbonyl (C=O) groups is 2. The molecule has 1 aliphatic heterocycles. The molecule has 1 atom stereocenters. The molecule has 1 amide bonds. The molecule has 0 saturated carbocycles. The van der Waals surface area contributed by atoms with Gasteiger partial charge in [0.05, 0.1) is 19.8 Å². The van der Waals surface area contributed by atoms with Gasteiger partial charge in [0.15, 0.2) is 29.1 Å². The normalized spacial score (nSPS) is 12.8. The molecule has 8 nitrogen and oxygen atoms in total. The lowest BCUT2D eigenvalue weighted by Crippen LogP contribution is -2.36. The van der Waals surface area contributed by atoms with Gasteiger partial charge in [-0.3, -0.25) is 4.79 Å². The van der Waals surface area contributed by atoms with Crippen molar-refractivity contribution >= 4 is 11.9 Å². The van der Waals surface area contributed by atoms with Crippen molar-refractivity contribution in [3.05, 3.63) is 47.5 Å². The molecular weight excluding hydrogens is 366 g/mol. The van der Waals surface area contributed by atoms with Crippen LogP contribution in [0.5, 0.6) is 23.0 Å². The maximum Gasteiger partial charge on any atom is 0.337 e. The van der Waals surface area contributed by atoms with Crippen LogP contribution in [0.2, 0.25) is 0 Å². The summed E-state index contributed by atoms with van der Waals surface area (Å²) >= 11 is 0. The van der Waals surface area contributed by atoms with Crippen molar-refractivity contribution in [3.63, 3.8) is 0 Å². The van der Waals surface area contributed by atoms with E-state index in [0.717, 1.165) is 5.56 Å². The lowest BCUT2D eigenvalue weighted by atomic mass is 10.2. The summed E-state index contributed by atoms with van der Waals surface area (Å²) in [5.74, 6) is 1.25. The van der Waals surface area contributed by atoms with Gasteiger partial charge in [-0.15, -0.1) is 0 Å². The van der Waals surface area contributed by atoms with E-state index in [2.05, 4.69) is 10.1 Å². The number of amides is 1. The molecule has 8 heteroatoms. The van der Waals surface area contributed by atoms with Crippen LogP contribution < -0.4 is 24.3 Å². The summed E-state index contributed by atoms with van der Waals surface area (Å²) in [6, 6.07) is 10.1. The van der Waals surface area contributed by atoms with Gasteiger partial charge in [-0.05, 0) is 42.8 Å². The zero-order valence-electron chi connectivity index (χ0n) is 15.8. The Morgan fingerprint density at radius 2 is 1.86 bits per heavy atom. The summed E-state index contributed by atoms with van der Waals surface area (Å²) in [5, 5.41) is 2.81. The Bertz CT molecular complexity index is 881. The molecule has 0 bridgehead atoms. The summed E-state index contributed by atoms with van der Waals surface area (Å²) in [6.45, 7) is 2.15. The van der Waals surface area contributed by atoms with E-state index in [0.29, 0.717) is 35.1 Å². The quantitative estimate of drug-likeness (QED) is 0.729. The molecule has 2 aromatic rings. The Kier molecular flexibility index (Phi) is 5.88. The highest BCUT2D eigenvalue weighted by Gasteiger charge is 2.19. The highest BCUT2D eigenvalue weighted by molar-refractivity contribution is 5.90. The highest BCUT2D eigenvalue weighted by Crippen LogP contribution is 2.32. The lowest BCUT2D eigenvalue weighted by Gasteiger charge is -2.17. The molecule has 28 heavy (non-hydrogen) atoms. The van der Waals surface area contributed by atoms with E-state index in [1.165, 1.54) is 20.3 Å². The number of methoxy groups -OCH3 is 2. The van der Waals surface area contributed by atoms with Crippen molar-refractivity contribution in [1.82, 2.24) is 5.32 Å². The standard InChI is InChI=1S/C20H21NO7/c1-12(28-16-7-5-14(20(23)25-3)9-17(16)24-2)19(22)21-10-13-4-6-15-18(8-13)27-11-26-15/h4-9,12H,10-11H2,1-3H3,(H,21,22)/t12-/m1/s1. The van der Waals surface area contributed by atoms with E-state index in [9.17, 15) is 9.59 Å². The molecule has 0 radical (unpaired) electrons. The number of ether oxygens (including phenoxy) is 5. The van der Waals surface area contributed by atoms with Gasteiger partial charge in [-0.2, -0.15) is 0 Å². The summed E-state index contributed by atoms with van der Waals surface area (Å²) < 4.78 is 26.2. The maximum absolute atomic E-state index is 12.4. The molecule has 1 heterocycles. The number of nitrogens with one attached hydrogen (secondary N) is 1. The van der Waals surface area contributed by atoms with Crippen LogP contribution in [0, 0.1) is 0 Å². The largest absolute Gasteiger partial charge is 0.493 e. The molecule has 148 valence electrons. The monoisotopic (exact) mass is 387 g/mol. The van der Waals surface area contributed by atoms with Crippen LogP contribution in [0.1, 0.15) is 22.8 Å². The SMILES string of the molecule is COC(=O)c1ccc(O[C@H](C)C(=O)NCc2ccc3c(c2)OCO3)c(OC)c1. The van der Waals surface area contributed by atoms with Crippen molar-refractivity contribution < 1.29 is 33.3 Å². The first-order valence-electron chi connectivity index (χ1n) is 8.61. The van der Waals surface area contributed by atoms with E-state index in [1.54, 1.807) is 25.1 Å². The fourth-order valence-electron chi connectivity index (χ4n) is 2.64. The van der Waals surface area contributed by atoms with Gasteiger partial charge in [-0.25, -0.2) is 4.79 Å². The first-order chi connectivity index (χ1) is 13.5. The molecule has 1 aliphatic rings. The average Bonchev–Trinajstić information content (AvgIpc) is 3.19. The first-order valence-corrected chi connectivity index (χ1v) is 8.61. The first kappa shape index (κ1) is 19.3. The number of benzene rings is 2. The minimum absolute atomic E-state index is 0.201. The Balaban J connectivity index is 1.60. The molecule has 0 saturated heterocycles. The molecule has 1 N–H and O–H groups in total. The van der Waals surface area contributed by atoms with E-state index < -0.39 is 12.1 Å². The fraction of sp³-hybridized carbons (Fsp3) is 0.300. The number of carbonyl (C=O) groups excluding carboxylic acids is 2. The van der Waals surface area contributed by atoms with E-state index in [4.69, 9.17) is 18.9 Å². The third kappa shape index (κ3) is 4.28. The summed E-state index contributed by atoms with van der Waals surface area (Å²) in [7, 11) is 2.75. The summed E-state index contributed by atoms with van der Waals surface area (Å²) in [6.07, 6.45) is -0.771. The molecule has 2 aromatic carbocycles. The van der Waals surface area contributed by atoms with Crippen LogP contribution in [0.25, 0.3) is 0 Å². The van der Waals surface area contributed by atoms with Crippen LogP contribution in [0.15, 0.2) is 36.4 Å². The topological polar surface area (TPSA) is 92.3 Å². The van der Waals surface area contributed by atoms with Crippen LogP contribution >= 0.6 is 0 Å². The molecule has 0 unspecified atom stereocenters. The second-order valence-corrected chi connectivity index (χ2v) is 6.02. The smallest absolute Gasteiger partial charge is 0.337 e. The predicted octanol–water partition coefficient (Wildman–Crippen LogP) is 2.29. The molecule has 0 spiro atoms.